The molecule has 2 N–H and O–H groups in total. The van der Waals surface area contributed by atoms with Gasteiger partial charge in [-0.3, -0.25) is 0 Å². The van der Waals surface area contributed by atoms with Crippen molar-refractivity contribution in [1.82, 2.24) is 5.32 Å². The lowest BCUT2D eigenvalue weighted by Crippen LogP contribution is -2.24. The molecule has 2 nitrogen and oxygen atoms in total. The largest absolute Gasteiger partial charge is 0.508 e. The third kappa shape index (κ3) is 3.36. The minimum absolute atomic E-state index is 0.120. The molecule has 0 saturated carbocycles. The average Bonchev–Trinajstić information content (AvgIpc) is 2.48. The van der Waals surface area contributed by atoms with Gasteiger partial charge in [0, 0.05) is 17.6 Å². The molecule has 20 heavy (non-hydrogen) atoms. The summed E-state index contributed by atoms with van der Waals surface area (Å²) in [7, 11) is 0. The van der Waals surface area contributed by atoms with E-state index in [1.807, 2.05) is 25.1 Å². The van der Waals surface area contributed by atoms with Crippen LogP contribution in [-0.4, -0.2) is 5.11 Å². The van der Waals surface area contributed by atoms with Gasteiger partial charge in [-0.05, 0) is 37.1 Å². The fourth-order valence-corrected chi connectivity index (χ4v) is 2.40. The fourth-order valence-electron chi connectivity index (χ4n) is 2.40. The van der Waals surface area contributed by atoms with E-state index in [-0.39, 0.29) is 23.7 Å². The average molecular weight is 273 g/mol. The quantitative estimate of drug-likeness (QED) is 0.849. The van der Waals surface area contributed by atoms with E-state index in [9.17, 15) is 9.50 Å². The third-order valence-corrected chi connectivity index (χ3v) is 3.52. The minimum atomic E-state index is -0.334. The molecule has 0 radical (unpaired) electrons. The van der Waals surface area contributed by atoms with Crippen LogP contribution in [0.25, 0.3) is 0 Å². The number of phenols is 1. The minimum Gasteiger partial charge on any atom is -0.508 e. The van der Waals surface area contributed by atoms with E-state index < -0.39 is 0 Å². The van der Waals surface area contributed by atoms with Gasteiger partial charge in [-0.25, -0.2) is 4.39 Å². The first-order valence-electron chi connectivity index (χ1n) is 6.91. The highest BCUT2D eigenvalue weighted by molar-refractivity contribution is 5.35. The Labute approximate surface area is 119 Å². The van der Waals surface area contributed by atoms with Crippen molar-refractivity contribution in [1.29, 1.82) is 0 Å². The number of hydrogen-bond donors (Lipinski definition) is 2. The molecule has 3 heteroatoms. The van der Waals surface area contributed by atoms with Crippen LogP contribution in [0.2, 0.25) is 0 Å². The molecule has 0 spiro atoms. The summed E-state index contributed by atoms with van der Waals surface area (Å²) in [4.78, 5) is 0. The molecule has 2 unspecified atom stereocenters. The van der Waals surface area contributed by atoms with Gasteiger partial charge in [0.15, 0.2) is 0 Å². The molecule has 2 atom stereocenters. The second-order valence-corrected chi connectivity index (χ2v) is 4.96. The maximum atomic E-state index is 13.3. The number of halogens is 1. The third-order valence-electron chi connectivity index (χ3n) is 3.52. The molecule has 2 aromatic rings. The molecular weight excluding hydrogens is 253 g/mol. The van der Waals surface area contributed by atoms with E-state index in [0.717, 1.165) is 6.42 Å². The predicted molar refractivity (Wildman–Crippen MR) is 79.1 cm³/mol. The molecule has 0 aliphatic carbocycles. The molecule has 0 bridgehead atoms. The summed E-state index contributed by atoms with van der Waals surface area (Å²) >= 11 is 0. The summed E-state index contributed by atoms with van der Waals surface area (Å²) in [5, 5.41) is 13.3. The van der Waals surface area contributed by atoms with Crippen molar-refractivity contribution in [3.05, 3.63) is 65.5 Å². The van der Waals surface area contributed by atoms with Crippen molar-refractivity contribution in [3.8, 4) is 5.75 Å². The fraction of sp³-hybridized carbons (Fsp3) is 0.294. The maximum absolute atomic E-state index is 13.3. The van der Waals surface area contributed by atoms with Crippen LogP contribution in [0, 0.1) is 5.82 Å². The van der Waals surface area contributed by atoms with Crippen molar-refractivity contribution in [2.24, 2.45) is 0 Å². The molecule has 0 aliphatic heterocycles. The second kappa shape index (κ2) is 6.53. The molecule has 2 rings (SSSR count). The van der Waals surface area contributed by atoms with Crippen LogP contribution in [0.4, 0.5) is 4.39 Å². The molecule has 0 saturated heterocycles. The van der Waals surface area contributed by atoms with Crippen molar-refractivity contribution in [2.45, 2.75) is 32.4 Å². The van der Waals surface area contributed by atoms with Gasteiger partial charge in [-0.15, -0.1) is 0 Å². The topological polar surface area (TPSA) is 32.3 Å². The van der Waals surface area contributed by atoms with Crippen LogP contribution in [-0.2, 0) is 0 Å². The standard InChI is InChI=1S/C17H20FNO/c1-3-16(13-7-5-4-6-8-13)19-12(2)15-11-14(18)9-10-17(15)20/h4-12,16,19-20H,3H2,1-2H3. The highest BCUT2D eigenvalue weighted by Crippen LogP contribution is 2.28. The lowest BCUT2D eigenvalue weighted by molar-refractivity contribution is 0.421. The van der Waals surface area contributed by atoms with Gasteiger partial charge in [-0.2, -0.15) is 0 Å². The Hall–Kier alpha value is -1.87. The second-order valence-electron chi connectivity index (χ2n) is 4.96. The Kier molecular flexibility index (Phi) is 4.74. The number of hydrogen-bond acceptors (Lipinski definition) is 2. The first kappa shape index (κ1) is 14.5. The van der Waals surface area contributed by atoms with E-state index in [4.69, 9.17) is 0 Å². The smallest absolute Gasteiger partial charge is 0.123 e. The molecule has 0 aliphatic rings. The lowest BCUT2D eigenvalue weighted by atomic mass is 10.0. The molecule has 106 valence electrons. The molecule has 0 fully saturated rings. The van der Waals surface area contributed by atoms with Gasteiger partial charge in [-0.1, -0.05) is 37.3 Å². The van der Waals surface area contributed by atoms with Crippen LogP contribution in [0.3, 0.4) is 0 Å². The maximum Gasteiger partial charge on any atom is 0.123 e. The van der Waals surface area contributed by atoms with E-state index in [0.29, 0.717) is 5.56 Å². The van der Waals surface area contributed by atoms with Gasteiger partial charge in [0.2, 0.25) is 0 Å². The van der Waals surface area contributed by atoms with Crippen molar-refractivity contribution in [3.63, 3.8) is 0 Å². The summed E-state index contributed by atoms with van der Waals surface area (Å²) in [6, 6.07) is 14.2. The summed E-state index contributed by atoms with van der Waals surface area (Å²) in [6.07, 6.45) is 0.921. The van der Waals surface area contributed by atoms with Gasteiger partial charge in [0.1, 0.15) is 11.6 Å². The number of benzene rings is 2. The van der Waals surface area contributed by atoms with Crippen molar-refractivity contribution >= 4 is 0 Å². The zero-order valence-electron chi connectivity index (χ0n) is 11.8. The molecule has 0 aromatic heterocycles. The first-order chi connectivity index (χ1) is 9.61. The van der Waals surface area contributed by atoms with Crippen molar-refractivity contribution < 1.29 is 9.50 Å². The van der Waals surface area contributed by atoms with E-state index in [2.05, 4.69) is 24.4 Å². The molecule has 0 amide bonds. The highest BCUT2D eigenvalue weighted by atomic mass is 19.1. The van der Waals surface area contributed by atoms with Crippen LogP contribution in [0.5, 0.6) is 5.75 Å². The number of rotatable bonds is 5. The zero-order chi connectivity index (χ0) is 14.5. The Balaban J connectivity index is 2.17. The summed E-state index contributed by atoms with van der Waals surface area (Å²) in [6.45, 7) is 4.03. The zero-order valence-corrected chi connectivity index (χ0v) is 11.8. The normalized spacial score (nSPS) is 13.9. The van der Waals surface area contributed by atoms with Gasteiger partial charge in [0.25, 0.3) is 0 Å². The van der Waals surface area contributed by atoms with Crippen LogP contribution >= 0.6 is 0 Å². The molecular formula is C17H20FNO. The molecule has 0 heterocycles. The number of aromatic hydroxyl groups is 1. The van der Waals surface area contributed by atoms with E-state index in [1.165, 1.54) is 23.8 Å². The van der Waals surface area contributed by atoms with E-state index >= 15 is 0 Å². The van der Waals surface area contributed by atoms with Gasteiger partial charge < -0.3 is 10.4 Å². The van der Waals surface area contributed by atoms with Gasteiger partial charge in [0.05, 0.1) is 0 Å². The SMILES string of the molecule is CCC(NC(C)c1cc(F)ccc1O)c1ccccc1. The van der Waals surface area contributed by atoms with Crippen LogP contribution in [0.1, 0.15) is 43.5 Å². The summed E-state index contributed by atoms with van der Waals surface area (Å²) < 4.78 is 13.3. The first-order valence-corrected chi connectivity index (χ1v) is 6.91. The highest BCUT2D eigenvalue weighted by Gasteiger charge is 2.16. The monoisotopic (exact) mass is 273 g/mol. The molecule has 2 aromatic carbocycles. The van der Waals surface area contributed by atoms with Gasteiger partial charge >= 0.3 is 0 Å². The van der Waals surface area contributed by atoms with Crippen LogP contribution < -0.4 is 5.32 Å². The Morgan fingerprint density at radius 2 is 1.85 bits per heavy atom. The predicted octanol–water partition coefficient (Wildman–Crippen LogP) is 4.33. The van der Waals surface area contributed by atoms with Crippen LogP contribution in [0.15, 0.2) is 48.5 Å². The lowest BCUT2D eigenvalue weighted by Gasteiger charge is -2.23. The summed E-state index contributed by atoms with van der Waals surface area (Å²) in [5.74, 6) is -0.214. The Morgan fingerprint density at radius 3 is 2.50 bits per heavy atom. The summed E-state index contributed by atoms with van der Waals surface area (Å²) in [5.41, 5.74) is 1.78. The Morgan fingerprint density at radius 1 is 1.15 bits per heavy atom. The Bertz CT molecular complexity index is 556. The number of nitrogens with one attached hydrogen (secondary N) is 1. The number of phenolic OH excluding ortho intramolecular Hbond substituents is 1. The van der Waals surface area contributed by atoms with E-state index in [1.54, 1.807) is 0 Å². The van der Waals surface area contributed by atoms with Crippen molar-refractivity contribution in [2.75, 3.05) is 0 Å².